The first-order chi connectivity index (χ1) is 13.2. The number of rotatable bonds is 12. The average Bonchev–Trinajstić information content (AvgIpc) is 2.69. The largest absolute Gasteiger partial charge is 0.494 e. The van der Waals surface area contributed by atoms with Crippen molar-refractivity contribution in [2.75, 3.05) is 18.5 Å². The van der Waals surface area contributed by atoms with Gasteiger partial charge in [0.2, 0.25) is 5.91 Å². The van der Waals surface area contributed by atoms with Crippen LogP contribution < -0.4 is 15.4 Å². The number of hydrogen-bond donors (Lipinski definition) is 2. The molecule has 0 fully saturated rings. The molecule has 0 bridgehead atoms. The minimum Gasteiger partial charge on any atom is -0.494 e. The molecule has 0 aliphatic rings. The van der Waals surface area contributed by atoms with Crippen molar-refractivity contribution in [2.24, 2.45) is 0 Å². The molecule has 0 atom stereocenters. The highest BCUT2D eigenvalue weighted by Gasteiger charge is 2.04. The van der Waals surface area contributed by atoms with Crippen LogP contribution in [0, 0.1) is 0 Å². The van der Waals surface area contributed by atoms with Crippen LogP contribution in [0.15, 0.2) is 48.5 Å². The van der Waals surface area contributed by atoms with Crippen molar-refractivity contribution in [3.8, 4) is 5.75 Å². The van der Waals surface area contributed by atoms with Crippen LogP contribution in [0.4, 0.5) is 5.69 Å². The normalized spacial score (nSPS) is 10.4. The van der Waals surface area contributed by atoms with Crippen LogP contribution in [0.5, 0.6) is 5.75 Å². The number of halogens is 1. The molecule has 0 heterocycles. The first kappa shape index (κ1) is 21.1. The molecule has 5 heteroatoms. The van der Waals surface area contributed by atoms with Gasteiger partial charge in [-0.05, 0) is 30.2 Å². The molecule has 0 aliphatic carbocycles. The van der Waals surface area contributed by atoms with Crippen molar-refractivity contribution in [1.29, 1.82) is 0 Å². The number of anilines is 1. The average molecular weight is 389 g/mol. The van der Waals surface area contributed by atoms with E-state index < -0.39 is 0 Å². The van der Waals surface area contributed by atoms with E-state index in [9.17, 15) is 4.79 Å². The minimum absolute atomic E-state index is 0.0860. The van der Waals surface area contributed by atoms with Crippen molar-refractivity contribution < 1.29 is 9.53 Å². The van der Waals surface area contributed by atoms with E-state index in [1.54, 1.807) is 0 Å². The van der Waals surface area contributed by atoms with E-state index in [0.717, 1.165) is 30.0 Å². The summed E-state index contributed by atoms with van der Waals surface area (Å²) < 4.78 is 5.80. The van der Waals surface area contributed by atoms with Crippen LogP contribution >= 0.6 is 11.6 Å². The molecule has 2 N–H and O–H groups in total. The van der Waals surface area contributed by atoms with Gasteiger partial charge in [0.15, 0.2) is 0 Å². The number of amides is 1. The Hall–Kier alpha value is -2.20. The molecule has 2 rings (SSSR count). The van der Waals surface area contributed by atoms with E-state index in [2.05, 4.69) is 17.6 Å². The van der Waals surface area contributed by atoms with Gasteiger partial charge in [-0.25, -0.2) is 0 Å². The lowest BCUT2D eigenvalue weighted by Gasteiger charge is -2.11. The molecule has 0 aliphatic heterocycles. The Bertz CT molecular complexity index is 706. The van der Waals surface area contributed by atoms with Gasteiger partial charge in [-0.1, -0.05) is 68.5 Å². The van der Waals surface area contributed by atoms with Crippen molar-refractivity contribution >= 4 is 23.2 Å². The third kappa shape index (κ3) is 8.35. The number of hydrogen-bond acceptors (Lipinski definition) is 3. The third-order valence-electron chi connectivity index (χ3n) is 4.24. The summed E-state index contributed by atoms with van der Waals surface area (Å²) in [5.74, 6) is 0.740. The quantitative estimate of drug-likeness (QED) is 0.477. The summed E-state index contributed by atoms with van der Waals surface area (Å²) in [6.07, 6.45) is 6.09. The molecule has 0 saturated heterocycles. The summed E-state index contributed by atoms with van der Waals surface area (Å²) in [4.78, 5) is 12.0. The van der Waals surface area contributed by atoms with Crippen LogP contribution in [0.2, 0.25) is 5.02 Å². The molecule has 0 unspecified atom stereocenters. The summed E-state index contributed by atoms with van der Waals surface area (Å²) in [7, 11) is 0. The lowest BCUT2D eigenvalue weighted by molar-refractivity contribution is -0.119. The number of carbonyl (C=O) groups excluding carboxylic acids is 1. The molecule has 4 nitrogen and oxygen atoms in total. The second-order valence-corrected chi connectivity index (χ2v) is 6.92. The van der Waals surface area contributed by atoms with E-state index in [4.69, 9.17) is 16.3 Å². The van der Waals surface area contributed by atoms with E-state index in [0.29, 0.717) is 11.6 Å². The van der Waals surface area contributed by atoms with Crippen LogP contribution in [-0.2, 0) is 11.3 Å². The predicted molar refractivity (Wildman–Crippen MR) is 112 cm³/mol. The van der Waals surface area contributed by atoms with Crippen molar-refractivity contribution in [3.05, 3.63) is 59.1 Å². The lowest BCUT2D eigenvalue weighted by atomic mass is 10.2. The van der Waals surface area contributed by atoms with Crippen LogP contribution in [0.3, 0.4) is 0 Å². The number of carbonyl (C=O) groups is 1. The van der Waals surface area contributed by atoms with E-state index in [-0.39, 0.29) is 12.5 Å². The smallest absolute Gasteiger partial charge is 0.239 e. The number of unbranched alkanes of at least 4 members (excludes halogenated alkanes) is 4. The van der Waals surface area contributed by atoms with Gasteiger partial charge < -0.3 is 15.4 Å². The van der Waals surface area contributed by atoms with Crippen LogP contribution in [-0.4, -0.2) is 19.1 Å². The number of nitrogens with one attached hydrogen (secondary N) is 2. The fourth-order valence-electron chi connectivity index (χ4n) is 2.67. The maximum Gasteiger partial charge on any atom is 0.239 e. The minimum atomic E-state index is -0.0860. The Labute approximate surface area is 167 Å². The highest BCUT2D eigenvalue weighted by molar-refractivity contribution is 6.31. The van der Waals surface area contributed by atoms with Gasteiger partial charge >= 0.3 is 0 Å². The lowest BCUT2D eigenvalue weighted by Crippen LogP contribution is -2.29. The van der Waals surface area contributed by atoms with Crippen LogP contribution in [0.25, 0.3) is 0 Å². The maximum atomic E-state index is 12.0. The zero-order chi connectivity index (χ0) is 19.3. The Morgan fingerprint density at radius 2 is 1.85 bits per heavy atom. The number of ether oxygens (including phenoxy) is 1. The topological polar surface area (TPSA) is 50.4 Å². The van der Waals surface area contributed by atoms with Gasteiger partial charge in [-0.3, -0.25) is 4.79 Å². The zero-order valence-corrected chi connectivity index (χ0v) is 16.7. The molecule has 0 radical (unpaired) electrons. The zero-order valence-electron chi connectivity index (χ0n) is 16.0. The molecule has 2 aromatic rings. The summed E-state index contributed by atoms with van der Waals surface area (Å²) in [5, 5.41) is 6.65. The summed E-state index contributed by atoms with van der Waals surface area (Å²) in [5.41, 5.74) is 1.77. The summed E-state index contributed by atoms with van der Waals surface area (Å²) >= 11 is 6.09. The van der Waals surface area contributed by atoms with E-state index in [1.165, 1.54) is 25.7 Å². The van der Waals surface area contributed by atoms with Gasteiger partial charge in [0.1, 0.15) is 5.75 Å². The second-order valence-electron chi connectivity index (χ2n) is 6.51. The Kier molecular flexibility index (Phi) is 9.56. The maximum absolute atomic E-state index is 12.0. The molecule has 146 valence electrons. The Balaban J connectivity index is 1.69. The van der Waals surface area contributed by atoms with Crippen molar-refractivity contribution in [1.82, 2.24) is 5.32 Å². The molecule has 27 heavy (non-hydrogen) atoms. The highest BCUT2D eigenvalue weighted by Crippen LogP contribution is 2.18. The second kappa shape index (κ2) is 12.2. The standard InChI is InChI=1S/C22H29ClN2O2/c1-2-3-4-5-8-14-27-20-12-9-11-19(15-20)24-17-22(26)25-16-18-10-6-7-13-21(18)23/h6-7,9-13,15,24H,2-5,8,14,16-17H2,1H3,(H,25,26). The fourth-order valence-corrected chi connectivity index (χ4v) is 2.87. The van der Waals surface area contributed by atoms with Crippen molar-refractivity contribution in [2.45, 2.75) is 45.6 Å². The van der Waals surface area contributed by atoms with Crippen LogP contribution in [0.1, 0.15) is 44.6 Å². The van der Waals surface area contributed by atoms with Gasteiger partial charge in [0, 0.05) is 23.3 Å². The molecular weight excluding hydrogens is 360 g/mol. The van der Waals surface area contributed by atoms with E-state index in [1.807, 2.05) is 48.5 Å². The van der Waals surface area contributed by atoms with E-state index >= 15 is 0 Å². The molecule has 1 amide bonds. The monoisotopic (exact) mass is 388 g/mol. The first-order valence-corrected chi connectivity index (χ1v) is 10.0. The molecule has 0 aromatic heterocycles. The predicted octanol–water partition coefficient (Wildman–Crippen LogP) is 5.42. The van der Waals surface area contributed by atoms with Gasteiger partial charge in [-0.15, -0.1) is 0 Å². The highest BCUT2D eigenvalue weighted by atomic mass is 35.5. The Morgan fingerprint density at radius 3 is 2.67 bits per heavy atom. The molecular formula is C22H29ClN2O2. The van der Waals surface area contributed by atoms with Crippen molar-refractivity contribution in [3.63, 3.8) is 0 Å². The molecule has 0 spiro atoms. The first-order valence-electron chi connectivity index (χ1n) is 9.66. The number of benzene rings is 2. The molecule has 2 aromatic carbocycles. The van der Waals surface area contributed by atoms with Gasteiger partial charge in [0.25, 0.3) is 0 Å². The summed E-state index contributed by atoms with van der Waals surface area (Å²) in [6.45, 7) is 3.56. The summed E-state index contributed by atoms with van der Waals surface area (Å²) in [6, 6.07) is 15.2. The fraction of sp³-hybridized carbons (Fsp3) is 0.409. The SMILES string of the molecule is CCCCCCCOc1cccc(NCC(=O)NCc2ccccc2Cl)c1. The third-order valence-corrected chi connectivity index (χ3v) is 4.61. The molecule has 0 saturated carbocycles. The van der Waals surface area contributed by atoms with Gasteiger partial charge in [-0.2, -0.15) is 0 Å². The van der Waals surface area contributed by atoms with Gasteiger partial charge in [0.05, 0.1) is 13.2 Å². The Morgan fingerprint density at radius 1 is 1.04 bits per heavy atom.